The Hall–Kier alpha value is -1.66. The third-order valence-corrected chi connectivity index (χ3v) is 10.1. The Labute approximate surface area is 191 Å². The fourth-order valence-electron chi connectivity index (χ4n) is 6.24. The number of ether oxygens (including phenoxy) is 1. The van der Waals surface area contributed by atoms with Crippen molar-refractivity contribution in [1.29, 1.82) is 10.7 Å². The number of amidine groups is 1. The number of rotatable bonds is 5. The van der Waals surface area contributed by atoms with Crippen LogP contribution in [0.15, 0.2) is 22.7 Å². The lowest BCUT2D eigenvalue weighted by Gasteiger charge is -2.60. The molecule has 1 aromatic rings. The normalized spacial score (nSPS) is 31.9. The van der Waals surface area contributed by atoms with Gasteiger partial charge in [-0.3, -0.25) is 10.3 Å². The maximum Gasteiger partial charge on any atom is 0.185 e. The molecule has 1 N–H and O–H groups in total. The Morgan fingerprint density at radius 1 is 1.32 bits per heavy atom. The Kier molecular flexibility index (Phi) is 5.41. The van der Waals surface area contributed by atoms with E-state index in [4.69, 9.17) is 10.1 Å². The van der Waals surface area contributed by atoms with Crippen LogP contribution >= 0.6 is 15.9 Å². The number of sulfone groups is 1. The molecule has 2 unspecified atom stereocenters. The molecule has 1 aromatic carbocycles. The molecule has 4 saturated carbocycles. The van der Waals surface area contributed by atoms with Gasteiger partial charge in [0.1, 0.15) is 11.6 Å². The van der Waals surface area contributed by atoms with Crippen molar-refractivity contribution in [3.05, 3.63) is 28.5 Å². The monoisotopic (exact) mass is 511 g/mol. The third-order valence-electron chi connectivity index (χ3n) is 7.43. The highest BCUT2D eigenvalue weighted by Gasteiger charge is 2.61. The lowest BCUT2D eigenvalue weighted by Crippen LogP contribution is -2.65. The molecule has 6 nitrogen and oxygen atoms in total. The van der Waals surface area contributed by atoms with Crippen molar-refractivity contribution in [2.75, 3.05) is 6.26 Å². The SMILES string of the molecule is CC(C)(Oc1ccc(F)cc1Br)C(=N)N(C#N)C1C2CC3CC1CC(S(C)(=O)=O)(C3)C2. The number of nitrogens with one attached hydrogen (secondary N) is 1. The summed E-state index contributed by atoms with van der Waals surface area (Å²) >= 11 is 3.28. The molecule has 5 rings (SSSR count). The van der Waals surface area contributed by atoms with Gasteiger partial charge >= 0.3 is 0 Å². The van der Waals surface area contributed by atoms with E-state index in [1.807, 2.05) is 0 Å². The summed E-state index contributed by atoms with van der Waals surface area (Å²) in [5, 5.41) is 18.9. The molecule has 0 heterocycles. The van der Waals surface area contributed by atoms with Gasteiger partial charge in [0.05, 0.1) is 15.3 Å². The fraction of sp³-hybridized carbons (Fsp3) is 0.636. The van der Waals surface area contributed by atoms with Crippen LogP contribution in [0.2, 0.25) is 0 Å². The van der Waals surface area contributed by atoms with Crippen molar-refractivity contribution < 1.29 is 17.5 Å². The molecular formula is C22H27BrFN3O3S. The molecular weight excluding hydrogens is 485 g/mol. The van der Waals surface area contributed by atoms with Crippen molar-refractivity contribution in [2.24, 2.45) is 17.8 Å². The van der Waals surface area contributed by atoms with Gasteiger partial charge in [-0.25, -0.2) is 12.8 Å². The van der Waals surface area contributed by atoms with E-state index >= 15 is 0 Å². The van der Waals surface area contributed by atoms with Crippen LogP contribution in [-0.2, 0) is 9.84 Å². The smallest absolute Gasteiger partial charge is 0.185 e. The van der Waals surface area contributed by atoms with Crippen molar-refractivity contribution in [3.8, 4) is 11.9 Å². The quantitative estimate of drug-likeness (QED) is 0.272. The zero-order valence-corrected chi connectivity index (χ0v) is 20.3. The van der Waals surface area contributed by atoms with Gasteiger partial charge in [-0.05, 0) is 97.8 Å². The second-order valence-corrected chi connectivity index (χ2v) is 13.2. The van der Waals surface area contributed by atoms with E-state index < -0.39 is 26.0 Å². The predicted octanol–water partition coefficient (Wildman–Crippen LogP) is 4.50. The highest BCUT2D eigenvalue weighted by molar-refractivity contribution is 9.10. The highest BCUT2D eigenvalue weighted by Crippen LogP contribution is 2.59. The van der Waals surface area contributed by atoms with Gasteiger partial charge in [-0.1, -0.05) is 0 Å². The van der Waals surface area contributed by atoms with Crippen LogP contribution in [-0.4, -0.2) is 41.8 Å². The summed E-state index contributed by atoms with van der Waals surface area (Å²) in [6.07, 6.45) is 7.18. The number of benzene rings is 1. The van der Waals surface area contributed by atoms with Gasteiger partial charge in [0.25, 0.3) is 0 Å². The van der Waals surface area contributed by atoms with Gasteiger partial charge in [0, 0.05) is 6.26 Å². The van der Waals surface area contributed by atoms with Gasteiger partial charge < -0.3 is 4.74 Å². The topological polar surface area (TPSA) is 94.2 Å². The number of nitrogens with zero attached hydrogens (tertiary/aromatic N) is 2. The summed E-state index contributed by atoms with van der Waals surface area (Å²) in [6.45, 7) is 3.42. The lowest BCUT2D eigenvalue weighted by molar-refractivity contribution is -0.0243. The summed E-state index contributed by atoms with van der Waals surface area (Å²) in [7, 11) is -3.19. The summed E-state index contributed by atoms with van der Waals surface area (Å²) in [4.78, 5) is 1.44. The van der Waals surface area contributed by atoms with E-state index in [0.29, 0.717) is 29.0 Å². The first-order chi connectivity index (χ1) is 14.4. The second-order valence-electron chi connectivity index (χ2n) is 9.92. The van der Waals surface area contributed by atoms with E-state index in [1.54, 1.807) is 13.8 Å². The van der Waals surface area contributed by atoms with E-state index in [2.05, 4.69) is 22.1 Å². The van der Waals surface area contributed by atoms with E-state index in [1.165, 1.54) is 29.4 Å². The van der Waals surface area contributed by atoms with E-state index in [9.17, 15) is 18.1 Å². The van der Waals surface area contributed by atoms with Gasteiger partial charge in [-0.2, -0.15) is 5.26 Å². The molecule has 168 valence electrons. The van der Waals surface area contributed by atoms with Crippen LogP contribution in [0.4, 0.5) is 4.39 Å². The summed E-state index contributed by atoms with van der Waals surface area (Å²) in [5.74, 6) is 0.507. The molecule has 2 atom stereocenters. The van der Waals surface area contributed by atoms with Crippen molar-refractivity contribution in [1.82, 2.24) is 4.90 Å². The fourth-order valence-corrected chi connectivity index (χ4v) is 8.24. The molecule has 0 amide bonds. The molecule has 0 aromatic heterocycles. The van der Waals surface area contributed by atoms with Gasteiger partial charge in [0.2, 0.25) is 0 Å². The molecule has 4 aliphatic carbocycles. The standard InChI is InChI=1S/C22H27BrFN3O3S/c1-21(2,30-18-5-4-16(24)8-17(18)23)20(26)27(12-25)19-14-6-13-7-15(19)11-22(9-13,10-14)31(3,28)29/h4-5,8,13-15,19,26H,6-7,9-11H2,1-3H3. The van der Waals surface area contributed by atoms with Crippen LogP contribution in [0, 0.1) is 40.4 Å². The average Bonchev–Trinajstić information content (AvgIpc) is 2.65. The molecule has 4 fully saturated rings. The molecule has 4 aliphatic rings. The van der Waals surface area contributed by atoms with Crippen molar-refractivity contribution in [3.63, 3.8) is 0 Å². The molecule has 4 bridgehead atoms. The minimum atomic E-state index is -3.19. The summed E-state index contributed by atoms with van der Waals surface area (Å²) in [6, 6.07) is 3.87. The number of hydrogen-bond donors (Lipinski definition) is 1. The van der Waals surface area contributed by atoms with E-state index in [0.717, 1.165) is 19.3 Å². The first-order valence-corrected chi connectivity index (χ1v) is 13.2. The molecule has 31 heavy (non-hydrogen) atoms. The number of hydrogen-bond acceptors (Lipinski definition) is 5. The second kappa shape index (κ2) is 7.45. The van der Waals surface area contributed by atoms with Gasteiger partial charge in [0.15, 0.2) is 27.5 Å². The minimum Gasteiger partial charge on any atom is -0.479 e. The first kappa shape index (κ1) is 22.5. The van der Waals surface area contributed by atoms with E-state index in [-0.39, 0.29) is 23.7 Å². The Balaban J connectivity index is 1.59. The van der Waals surface area contributed by atoms with Crippen LogP contribution < -0.4 is 4.74 Å². The van der Waals surface area contributed by atoms with Crippen molar-refractivity contribution in [2.45, 2.75) is 62.3 Å². The summed E-state index contributed by atoms with van der Waals surface area (Å²) in [5.41, 5.74) is -1.14. The number of nitriles is 1. The largest absolute Gasteiger partial charge is 0.479 e. The Bertz CT molecular complexity index is 1050. The van der Waals surface area contributed by atoms with Crippen LogP contribution in [0.1, 0.15) is 46.0 Å². The Morgan fingerprint density at radius 3 is 2.45 bits per heavy atom. The summed E-state index contributed by atoms with van der Waals surface area (Å²) < 4.78 is 44.4. The van der Waals surface area contributed by atoms with Gasteiger partial charge in [-0.15, -0.1) is 0 Å². The Morgan fingerprint density at radius 2 is 1.94 bits per heavy atom. The maximum absolute atomic E-state index is 13.4. The molecule has 0 saturated heterocycles. The third kappa shape index (κ3) is 3.76. The first-order valence-electron chi connectivity index (χ1n) is 10.5. The number of halogens is 2. The highest BCUT2D eigenvalue weighted by atomic mass is 79.9. The predicted molar refractivity (Wildman–Crippen MR) is 119 cm³/mol. The van der Waals surface area contributed by atoms with Crippen molar-refractivity contribution >= 4 is 31.6 Å². The molecule has 9 heteroatoms. The zero-order chi connectivity index (χ0) is 22.8. The minimum absolute atomic E-state index is 0.0251. The van der Waals surface area contributed by atoms with Crippen LogP contribution in [0.25, 0.3) is 0 Å². The average molecular weight is 512 g/mol. The van der Waals surface area contributed by atoms with Crippen LogP contribution in [0.5, 0.6) is 5.75 Å². The van der Waals surface area contributed by atoms with Crippen LogP contribution in [0.3, 0.4) is 0 Å². The zero-order valence-electron chi connectivity index (χ0n) is 17.9. The molecule has 0 radical (unpaired) electrons. The maximum atomic E-state index is 13.4. The molecule has 0 spiro atoms. The lowest BCUT2D eigenvalue weighted by atomic mass is 9.53. The molecule has 0 aliphatic heterocycles.